The molecule has 0 atom stereocenters. The molecule has 1 aromatic heterocycles. The fourth-order valence-electron chi connectivity index (χ4n) is 3.34. The molecule has 27 heavy (non-hydrogen) atoms. The van der Waals surface area contributed by atoms with Crippen LogP contribution in [-0.2, 0) is 16.0 Å². The standard InChI is InChI=1S/C20H26N4O3/c1-14(2)23(3)18-12-17(5-4-15(18)8-11-25)19-21-20(27-22-19)16-6-9-24(13-26)10-7-16/h4-5,11-14,16H,6-10H2,1-3H3. The van der Waals surface area contributed by atoms with Gasteiger partial charge in [0.05, 0.1) is 0 Å². The Balaban J connectivity index is 1.84. The predicted molar refractivity (Wildman–Crippen MR) is 103 cm³/mol. The molecular formula is C20H26N4O3. The summed E-state index contributed by atoms with van der Waals surface area (Å²) in [6.07, 6.45) is 3.85. The highest BCUT2D eigenvalue weighted by molar-refractivity contribution is 5.70. The van der Waals surface area contributed by atoms with Gasteiger partial charge < -0.3 is 19.1 Å². The largest absolute Gasteiger partial charge is 0.372 e. The van der Waals surface area contributed by atoms with E-state index >= 15 is 0 Å². The number of aldehydes is 1. The number of likely N-dealkylation sites (tertiary alicyclic amines) is 1. The van der Waals surface area contributed by atoms with E-state index in [9.17, 15) is 9.59 Å². The lowest BCUT2D eigenvalue weighted by Crippen LogP contribution is -2.31. The van der Waals surface area contributed by atoms with Crippen molar-refractivity contribution in [2.75, 3.05) is 25.0 Å². The average Bonchev–Trinajstić information content (AvgIpc) is 3.18. The normalized spacial score (nSPS) is 15.2. The average molecular weight is 370 g/mol. The Morgan fingerprint density at radius 3 is 2.67 bits per heavy atom. The first-order valence-corrected chi connectivity index (χ1v) is 9.36. The lowest BCUT2D eigenvalue weighted by atomic mass is 9.97. The summed E-state index contributed by atoms with van der Waals surface area (Å²) in [7, 11) is 2.01. The topological polar surface area (TPSA) is 79.5 Å². The van der Waals surface area contributed by atoms with Gasteiger partial charge in [0.2, 0.25) is 18.1 Å². The van der Waals surface area contributed by atoms with Crippen molar-refractivity contribution < 1.29 is 14.1 Å². The Kier molecular flexibility index (Phi) is 5.88. The molecule has 0 aliphatic carbocycles. The molecule has 0 saturated carbocycles. The van der Waals surface area contributed by atoms with Gasteiger partial charge in [0.1, 0.15) is 6.29 Å². The van der Waals surface area contributed by atoms with Gasteiger partial charge in [0.15, 0.2) is 0 Å². The second-order valence-electron chi connectivity index (χ2n) is 7.29. The number of nitrogens with zero attached hydrogens (tertiary/aromatic N) is 4. The molecule has 0 radical (unpaired) electrons. The SMILES string of the molecule is CC(C)N(C)c1cc(-c2noc(C3CCN(C=O)CC3)n2)ccc1CC=O. The number of piperidine rings is 1. The number of hydrogen-bond donors (Lipinski definition) is 0. The third-order valence-electron chi connectivity index (χ3n) is 5.27. The van der Waals surface area contributed by atoms with Crippen LogP contribution in [0, 0.1) is 0 Å². The highest BCUT2D eigenvalue weighted by Crippen LogP contribution is 2.31. The van der Waals surface area contributed by atoms with E-state index in [1.54, 1.807) is 4.90 Å². The summed E-state index contributed by atoms with van der Waals surface area (Å²) in [6, 6.07) is 6.20. The number of aromatic nitrogens is 2. The summed E-state index contributed by atoms with van der Waals surface area (Å²) in [5, 5.41) is 4.16. The molecule has 1 amide bonds. The smallest absolute Gasteiger partial charge is 0.230 e. The molecule has 0 unspecified atom stereocenters. The van der Waals surface area contributed by atoms with Crippen LogP contribution in [0.5, 0.6) is 0 Å². The molecular weight excluding hydrogens is 344 g/mol. The van der Waals surface area contributed by atoms with E-state index in [1.165, 1.54) is 0 Å². The summed E-state index contributed by atoms with van der Waals surface area (Å²) in [5.74, 6) is 1.37. The maximum Gasteiger partial charge on any atom is 0.230 e. The molecule has 7 nitrogen and oxygen atoms in total. The van der Waals surface area contributed by atoms with E-state index in [1.807, 2.05) is 25.2 Å². The summed E-state index contributed by atoms with van der Waals surface area (Å²) >= 11 is 0. The zero-order valence-corrected chi connectivity index (χ0v) is 16.1. The lowest BCUT2D eigenvalue weighted by molar-refractivity contribution is -0.119. The van der Waals surface area contributed by atoms with E-state index in [2.05, 4.69) is 28.9 Å². The molecule has 1 aromatic carbocycles. The summed E-state index contributed by atoms with van der Waals surface area (Å²) in [6.45, 7) is 5.65. The first-order valence-electron chi connectivity index (χ1n) is 9.36. The van der Waals surface area contributed by atoms with Gasteiger partial charge >= 0.3 is 0 Å². The number of carbonyl (C=O) groups excluding carboxylic acids is 2. The molecule has 0 spiro atoms. The molecule has 0 bridgehead atoms. The zero-order valence-electron chi connectivity index (χ0n) is 16.1. The lowest BCUT2D eigenvalue weighted by Gasteiger charge is -2.26. The molecule has 7 heteroatoms. The van der Waals surface area contributed by atoms with Crippen LogP contribution in [0.4, 0.5) is 5.69 Å². The van der Waals surface area contributed by atoms with Crippen molar-refractivity contribution in [3.05, 3.63) is 29.7 Å². The summed E-state index contributed by atoms with van der Waals surface area (Å²) < 4.78 is 5.52. The summed E-state index contributed by atoms with van der Waals surface area (Å²) in [5.41, 5.74) is 2.85. The Hall–Kier alpha value is -2.70. The van der Waals surface area contributed by atoms with Crippen LogP contribution in [0.15, 0.2) is 22.7 Å². The van der Waals surface area contributed by atoms with Crippen LogP contribution in [-0.4, -0.2) is 53.9 Å². The Bertz CT molecular complexity index is 794. The maximum atomic E-state index is 11.0. The van der Waals surface area contributed by atoms with Gasteiger partial charge in [-0.25, -0.2) is 0 Å². The van der Waals surface area contributed by atoms with Crippen LogP contribution in [0.2, 0.25) is 0 Å². The van der Waals surface area contributed by atoms with Crippen molar-refractivity contribution in [3.8, 4) is 11.4 Å². The molecule has 1 fully saturated rings. The Morgan fingerprint density at radius 2 is 2.04 bits per heavy atom. The van der Waals surface area contributed by atoms with Gasteiger partial charge in [0.25, 0.3) is 0 Å². The number of anilines is 1. The van der Waals surface area contributed by atoms with Gasteiger partial charge in [0, 0.05) is 49.8 Å². The number of rotatable bonds is 7. The highest BCUT2D eigenvalue weighted by atomic mass is 16.5. The molecule has 1 aliphatic heterocycles. The van der Waals surface area contributed by atoms with Crippen molar-refractivity contribution in [2.45, 2.75) is 45.1 Å². The van der Waals surface area contributed by atoms with Crippen molar-refractivity contribution in [1.29, 1.82) is 0 Å². The molecule has 1 saturated heterocycles. The van der Waals surface area contributed by atoms with Crippen LogP contribution in [0.3, 0.4) is 0 Å². The van der Waals surface area contributed by atoms with Crippen molar-refractivity contribution in [2.24, 2.45) is 0 Å². The third kappa shape index (κ3) is 4.18. The minimum atomic E-state index is 0.189. The van der Waals surface area contributed by atoms with E-state index in [0.29, 0.717) is 24.2 Å². The second kappa shape index (κ2) is 8.33. The Morgan fingerprint density at radius 1 is 1.30 bits per heavy atom. The monoisotopic (exact) mass is 370 g/mol. The number of carbonyl (C=O) groups is 2. The second-order valence-corrected chi connectivity index (χ2v) is 7.29. The molecule has 144 valence electrons. The van der Waals surface area contributed by atoms with E-state index in [-0.39, 0.29) is 5.92 Å². The van der Waals surface area contributed by atoms with Crippen molar-refractivity contribution >= 4 is 18.4 Å². The van der Waals surface area contributed by atoms with Gasteiger partial charge in [-0.2, -0.15) is 4.98 Å². The Labute approximate surface area is 159 Å². The highest BCUT2D eigenvalue weighted by Gasteiger charge is 2.25. The van der Waals surface area contributed by atoms with Gasteiger partial charge in [-0.1, -0.05) is 17.3 Å². The fourth-order valence-corrected chi connectivity index (χ4v) is 3.34. The molecule has 2 heterocycles. The first kappa shape index (κ1) is 19.1. The van der Waals surface area contributed by atoms with E-state index in [4.69, 9.17) is 4.52 Å². The first-order chi connectivity index (χ1) is 13.0. The predicted octanol–water partition coefficient (Wildman–Crippen LogP) is 2.66. The van der Waals surface area contributed by atoms with Crippen molar-refractivity contribution in [3.63, 3.8) is 0 Å². The van der Waals surface area contributed by atoms with Gasteiger partial charge in [-0.15, -0.1) is 0 Å². The molecule has 1 aliphatic rings. The van der Waals surface area contributed by atoms with Crippen LogP contribution in [0.1, 0.15) is 44.1 Å². The van der Waals surface area contributed by atoms with Crippen LogP contribution in [0.25, 0.3) is 11.4 Å². The summed E-state index contributed by atoms with van der Waals surface area (Å²) in [4.78, 5) is 30.4. The molecule has 0 N–H and O–H groups in total. The molecule has 2 aromatic rings. The number of hydrogen-bond acceptors (Lipinski definition) is 6. The number of amides is 1. The van der Waals surface area contributed by atoms with Gasteiger partial charge in [-0.3, -0.25) is 4.79 Å². The minimum Gasteiger partial charge on any atom is -0.372 e. The van der Waals surface area contributed by atoms with Crippen LogP contribution >= 0.6 is 0 Å². The van der Waals surface area contributed by atoms with Crippen molar-refractivity contribution in [1.82, 2.24) is 15.0 Å². The molecule has 3 rings (SSSR count). The minimum absolute atomic E-state index is 0.189. The zero-order chi connectivity index (χ0) is 19.4. The fraction of sp³-hybridized carbons (Fsp3) is 0.500. The van der Waals surface area contributed by atoms with E-state index < -0.39 is 0 Å². The maximum absolute atomic E-state index is 11.0. The van der Waals surface area contributed by atoms with E-state index in [0.717, 1.165) is 55.4 Å². The third-order valence-corrected chi connectivity index (χ3v) is 5.27. The number of benzene rings is 1. The quantitative estimate of drug-likeness (QED) is 0.697. The van der Waals surface area contributed by atoms with Gasteiger partial charge in [-0.05, 0) is 38.3 Å². The van der Waals surface area contributed by atoms with Crippen LogP contribution < -0.4 is 4.90 Å².